The lowest BCUT2D eigenvalue weighted by Crippen LogP contribution is -2.30. The van der Waals surface area contributed by atoms with Crippen LogP contribution in [0.4, 0.5) is 0 Å². The van der Waals surface area contributed by atoms with E-state index in [1.54, 1.807) is 0 Å². The highest BCUT2D eigenvalue weighted by Gasteiger charge is 2.19. The summed E-state index contributed by atoms with van der Waals surface area (Å²) in [6.45, 7) is 6.67. The van der Waals surface area contributed by atoms with E-state index >= 15 is 0 Å². The number of rotatable bonds is 57. The van der Waals surface area contributed by atoms with Gasteiger partial charge < -0.3 is 14.2 Å². The average molecular weight is 972 g/mol. The summed E-state index contributed by atoms with van der Waals surface area (Å²) in [5, 5.41) is 0. The molecule has 0 unspecified atom stereocenters. The predicted molar refractivity (Wildman–Crippen MR) is 298 cm³/mol. The molecule has 406 valence electrons. The second kappa shape index (κ2) is 58.5. The molecule has 6 nitrogen and oxygen atoms in total. The summed E-state index contributed by atoms with van der Waals surface area (Å²) in [5.74, 6) is -0.858. The minimum atomic E-state index is -0.772. The van der Waals surface area contributed by atoms with E-state index in [-0.39, 0.29) is 31.1 Å². The van der Waals surface area contributed by atoms with Gasteiger partial charge in [0.1, 0.15) is 13.2 Å². The Morgan fingerprint density at radius 2 is 0.522 bits per heavy atom. The van der Waals surface area contributed by atoms with Crippen LogP contribution in [0.15, 0.2) is 24.3 Å². The minimum absolute atomic E-state index is 0.0697. The smallest absolute Gasteiger partial charge is 0.306 e. The molecular formula is C63H118O6. The lowest BCUT2D eigenvalue weighted by molar-refractivity contribution is -0.167. The van der Waals surface area contributed by atoms with E-state index in [9.17, 15) is 14.4 Å². The van der Waals surface area contributed by atoms with E-state index in [0.29, 0.717) is 19.3 Å². The van der Waals surface area contributed by atoms with Gasteiger partial charge in [-0.15, -0.1) is 0 Å². The van der Waals surface area contributed by atoms with Crippen LogP contribution in [0.25, 0.3) is 0 Å². The summed E-state index contributed by atoms with van der Waals surface area (Å²) >= 11 is 0. The van der Waals surface area contributed by atoms with Crippen LogP contribution in [0.2, 0.25) is 0 Å². The highest BCUT2D eigenvalue weighted by molar-refractivity contribution is 5.71. The van der Waals surface area contributed by atoms with Crippen LogP contribution >= 0.6 is 0 Å². The number of esters is 3. The third-order valence-corrected chi connectivity index (χ3v) is 14.0. The predicted octanol–water partition coefficient (Wildman–Crippen LogP) is 20.7. The molecule has 69 heavy (non-hydrogen) atoms. The van der Waals surface area contributed by atoms with E-state index in [1.165, 1.54) is 225 Å². The Morgan fingerprint density at radius 3 is 0.826 bits per heavy atom. The summed E-state index contributed by atoms with van der Waals surface area (Å²) in [4.78, 5) is 38.2. The standard InChI is InChI=1S/C63H118O6/c1-4-7-10-13-16-19-22-25-28-30-32-35-38-41-44-47-50-53-56-62(65)68-59-60(58-67-61(64)55-52-49-46-43-40-37-34-27-24-21-18-15-12-9-6-3)69-63(66)57-54-51-48-45-42-39-36-33-31-29-26-23-20-17-14-11-8-5-2/h18,21,27,34,60H,4-17,19-20,22-26,28-33,35-59H2,1-3H3/b21-18+,34-27+/t60-/m1/s1. The Kier molecular flexibility index (Phi) is 56.7. The number of carbonyl (C=O) groups is 3. The summed E-state index contributed by atoms with van der Waals surface area (Å²) in [6.07, 6.45) is 68.9. The van der Waals surface area contributed by atoms with E-state index in [1.807, 2.05) is 0 Å². The molecule has 0 bridgehead atoms. The number of allylic oxidation sites excluding steroid dienone is 4. The maximum atomic E-state index is 12.9. The molecule has 0 aliphatic rings. The third-order valence-electron chi connectivity index (χ3n) is 14.0. The zero-order chi connectivity index (χ0) is 50.0. The monoisotopic (exact) mass is 971 g/mol. The molecule has 0 radical (unpaired) electrons. The molecular weight excluding hydrogens is 853 g/mol. The van der Waals surface area contributed by atoms with Crippen molar-refractivity contribution in [2.45, 2.75) is 348 Å². The average Bonchev–Trinajstić information content (AvgIpc) is 3.35. The second-order valence-corrected chi connectivity index (χ2v) is 21.0. The van der Waals surface area contributed by atoms with Crippen LogP contribution in [0, 0.1) is 0 Å². The molecule has 6 heteroatoms. The first kappa shape index (κ1) is 66.9. The van der Waals surface area contributed by atoms with Gasteiger partial charge in [0.25, 0.3) is 0 Å². The molecule has 0 saturated heterocycles. The van der Waals surface area contributed by atoms with Crippen LogP contribution < -0.4 is 0 Å². The topological polar surface area (TPSA) is 78.9 Å². The van der Waals surface area contributed by atoms with Crippen LogP contribution in [0.1, 0.15) is 342 Å². The lowest BCUT2D eigenvalue weighted by Gasteiger charge is -2.18. The Hall–Kier alpha value is -2.11. The van der Waals surface area contributed by atoms with Crippen molar-refractivity contribution in [1.82, 2.24) is 0 Å². The van der Waals surface area contributed by atoms with Crippen molar-refractivity contribution in [2.24, 2.45) is 0 Å². The molecule has 0 rings (SSSR count). The second-order valence-electron chi connectivity index (χ2n) is 21.0. The van der Waals surface area contributed by atoms with Crippen molar-refractivity contribution < 1.29 is 28.6 Å². The van der Waals surface area contributed by atoms with E-state index in [4.69, 9.17) is 14.2 Å². The number of hydrogen-bond donors (Lipinski definition) is 0. The van der Waals surface area contributed by atoms with Crippen LogP contribution in [-0.2, 0) is 28.6 Å². The fourth-order valence-corrected chi connectivity index (χ4v) is 9.30. The first-order valence-corrected chi connectivity index (χ1v) is 30.8. The Bertz CT molecular complexity index is 1110. The minimum Gasteiger partial charge on any atom is -0.462 e. The van der Waals surface area contributed by atoms with Gasteiger partial charge in [-0.25, -0.2) is 0 Å². The Labute approximate surface area is 430 Å². The maximum absolute atomic E-state index is 12.9. The summed E-state index contributed by atoms with van der Waals surface area (Å²) in [7, 11) is 0. The number of hydrogen-bond acceptors (Lipinski definition) is 6. The summed E-state index contributed by atoms with van der Waals surface area (Å²) in [6, 6.07) is 0. The van der Waals surface area contributed by atoms with Crippen molar-refractivity contribution in [1.29, 1.82) is 0 Å². The lowest BCUT2D eigenvalue weighted by atomic mass is 10.0. The molecule has 0 saturated carbocycles. The van der Waals surface area contributed by atoms with Crippen molar-refractivity contribution in [3.8, 4) is 0 Å². The molecule has 0 spiro atoms. The Morgan fingerprint density at radius 1 is 0.290 bits per heavy atom. The SMILES string of the molecule is CCCCC/C=C/C/C=C/CCCCCCCC(=O)OC[C@H](COC(=O)CCCCCCCCCCCCCCCCCCCC)OC(=O)CCCCCCCCCCCCCCCCCCCC. The van der Waals surface area contributed by atoms with Crippen LogP contribution in [-0.4, -0.2) is 37.2 Å². The van der Waals surface area contributed by atoms with Gasteiger partial charge in [-0.05, 0) is 51.4 Å². The van der Waals surface area contributed by atoms with Gasteiger partial charge in [0.15, 0.2) is 6.10 Å². The van der Waals surface area contributed by atoms with Crippen LogP contribution in [0.3, 0.4) is 0 Å². The van der Waals surface area contributed by atoms with E-state index in [0.717, 1.165) is 77.0 Å². The molecule has 0 amide bonds. The highest BCUT2D eigenvalue weighted by Crippen LogP contribution is 2.18. The Balaban J connectivity index is 4.32. The van der Waals surface area contributed by atoms with Crippen molar-refractivity contribution >= 4 is 17.9 Å². The zero-order valence-electron chi connectivity index (χ0n) is 46.6. The first-order chi connectivity index (χ1) is 34.0. The highest BCUT2D eigenvalue weighted by atomic mass is 16.6. The van der Waals surface area contributed by atoms with Gasteiger partial charge in [0.2, 0.25) is 0 Å². The normalized spacial score (nSPS) is 12.1. The van der Waals surface area contributed by atoms with Gasteiger partial charge in [0.05, 0.1) is 0 Å². The van der Waals surface area contributed by atoms with Gasteiger partial charge in [0, 0.05) is 19.3 Å². The van der Waals surface area contributed by atoms with Gasteiger partial charge >= 0.3 is 17.9 Å². The van der Waals surface area contributed by atoms with E-state index < -0.39 is 6.10 Å². The zero-order valence-corrected chi connectivity index (χ0v) is 46.6. The summed E-state index contributed by atoms with van der Waals surface area (Å²) < 4.78 is 16.9. The van der Waals surface area contributed by atoms with Gasteiger partial charge in [-0.2, -0.15) is 0 Å². The molecule has 0 aromatic rings. The molecule has 0 aromatic heterocycles. The molecule has 0 heterocycles. The van der Waals surface area contributed by atoms with Crippen LogP contribution in [0.5, 0.6) is 0 Å². The number of unbranched alkanes of at least 4 members (excludes halogenated alkanes) is 42. The molecule has 0 N–H and O–H groups in total. The van der Waals surface area contributed by atoms with Gasteiger partial charge in [-0.3, -0.25) is 14.4 Å². The molecule has 0 aromatic carbocycles. The van der Waals surface area contributed by atoms with Crippen molar-refractivity contribution in [3.05, 3.63) is 24.3 Å². The largest absolute Gasteiger partial charge is 0.462 e. The molecule has 1 atom stereocenters. The molecule has 0 fully saturated rings. The van der Waals surface area contributed by atoms with E-state index in [2.05, 4.69) is 45.1 Å². The molecule has 0 aliphatic heterocycles. The quantitative estimate of drug-likeness (QED) is 0.0261. The first-order valence-electron chi connectivity index (χ1n) is 30.8. The summed E-state index contributed by atoms with van der Waals surface area (Å²) in [5.41, 5.74) is 0. The van der Waals surface area contributed by atoms with Crippen molar-refractivity contribution in [2.75, 3.05) is 13.2 Å². The van der Waals surface area contributed by atoms with Crippen molar-refractivity contribution in [3.63, 3.8) is 0 Å². The fraction of sp³-hybridized carbons (Fsp3) is 0.889. The van der Waals surface area contributed by atoms with Gasteiger partial charge in [-0.1, -0.05) is 295 Å². The third kappa shape index (κ3) is 56.7. The molecule has 0 aliphatic carbocycles. The fourth-order valence-electron chi connectivity index (χ4n) is 9.30. The maximum Gasteiger partial charge on any atom is 0.306 e. The number of carbonyl (C=O) groups excluding carboxylic acids is 3. The number of ether oxygens (including phenoxy) is 3.